The number of aromatic nitrogens is 1. The number of rotatable bonds is 12. The Morgan fingerprint density at radius 2 is 1.74 bits per heavy atom. The van der Waals surface area contributed by atoms with Gasteiger partial charge in [0.1, 0.15) is 0 Å². The van der Waals surface area contributed by atoms with Gasteiger partial charge in [0.05, 0.1) is 37.8 Å². The molecule has 1 spiro atoms. The van der Waals surface area contributed by atoms with Gasteiger partial charge >= 0.3 is 0 Å². The van der Waals surface area contributed by atoms with Crippen LogP contribution in [0.1, 0.15) is 35.6 Å². The van der Waals surface area contributed by atoms with Crippen LogP contribution in [0.5, 0.6) is 0 Å². The summed E-state index contributed by atoms with van der Waals surface area (Å²) in [6, 6.07) is 29.9. The van der Waals surface area contributed by atoms with E-state index in [4.69, 9.17) is 16.3 Å². The van der Waals surface area contributed by atoms with Crippen molar-refractivity contribution in [2.24, 2.45) is 5.92 Å². The first-order valence-electron chi connectivity index (χ1n) is 18.2. The minimum Gasteiger partial charge on any atom is -0.395 e. The van der Waals surface area contributed by atoms with Gasteiger partial charge in [-0.2, -0.15) is 0 Å². The van der Waals surface area contributed by atoms with Crippen molar-refractivity contribution in [1.82, 2.24) is 9.88 Å². The molecular weight excluding hydrogens is 723 g/mol. The minimum atomic E-state index is -3.54. The molecule has 9 nitrogen and oxygen atoms in total. The van der Waals surface area contributed by atoms with Crippen molar-refractivity contribution in [3.05, 3.63) is 131 Å². The lowest BCUT2D eigenvalue weighted by molar-refractivity contribution is -0.150. The molecular formula is C42H44ClFN4O5Si. The largest absolute Gasteiger partial charge is 0.395 e. The highest BCUT2D eigenvalue weighted by Gasteiger charge is 2.67. The summed E-state index contributed by atoms with van der Waals surface area (Å²) < 4.78 is 23.2. The summed E-state index contributed by atoms with van der Waals surface area (Å²) in [6.07, 6.45) is 1.05. The number of halogens is 2. The zero-order chi connectivity index (χ0) is 38.2. The van der Waals surface area contributed by atoms with Crippen molar-refractivity contribution in [2.45, 2.75) is 63.2 Å². The van der Waals surface area contributed by atoms with Crippen molar-refractivity contribution >= 4 is 60.0 Å². The number of hydrogen-bond donors (Lipinski definition) is 3. The van der Waals surface area contributed by atoms with Gasteiger partial charge in [-0.1, -0.05) is 79.2 Å². The Bertz CT molecular complexity index is 2180. The molecule has 3 heterocycles. The van der Waals surface area contributed by atoms with E-state index in [1.54, 1.807) is 53.2 Å². The number of H-pyrrole nitrogens is 1. The van der Waals surface area contributed by atoms with Crippen molar-refractivity contribution in [3.8, 4) is 0 Å². The Hall–Kier alpha value is -4.81. The molecule has 4 atom stereocenters. The number of amides is 3. The molecule has 12 heteroatoms. The molecule has 280 valence electrons. The van der Waals surface area contributed by atoms with Gasteiger partial charge in [-0.05, 0) is 66.2 Å². The number of aliphatic hydroxyl groups is 1. The SMILES string of the molecule is C[C@@H]1[C@@H]([Si](C)(C)F)[C@H](CC(=O)N(CCO)Cc2ccccc2)O[C@@]12C(=O)N(Cc1ccc(NC(=O)Cc3c[nH]c4ccccc34)cc1)c1ccc(Cl)cc12. The van der Waals surface area contributed by atoms with Crippen LogP contribution >= 0.6 is 11.6 Å². The van der Waals surface area contributed by atoms with Crippen molar-refractivity contribution in [3.63, 3.8) is 0 Å². The van der Waals surface area contributed by atoms with Crippen LogP contribution in [-0.4, -0.2) is 60.4 Å². The number of para-hydroxylation sites is 1. The summed E-state index contributed by atoms with van der Waals surface area (Å²) in [5.74, 6) is -1.37. The summed E-state index contributed by atoms with van der Waals surface area (Å²) in [6.45, 7) is 5.40. The topological polar surface area (TPSA) is 115 Å². The number of benzene rings is 4. The Morgan fingerprint density at radius 3 is 2.46 bits per heavy atom. The number of aliphatic hydroxyl groups excluding tert-OH is 1. The van der Waals surface area contributed by atoms with E-state index in [1.165, 1.54) is 0 Å². The molecule has 54 heavy (non-hydrogen) atoms. The maximum absolute atomic E-state index is 16.4. The zero-order valence-corrected chi connectivity index (χ0v) is 32.3. The Labute approximate surface area is 320 Å². The van der Waals surface area contributed by atoms with Crippen LogP contribution in [0, 0.1) is 5.92 Å². The summed E-state index contributed by atoms with van der Waals surface area (Å²) in [7, 11) is -3.54. The normalized spacial score (nSPS) is 20.8. The van der Waals surface area contributed by atoms with E-state index in [0.717, 1.165) is 27.6 Å². The monoisotopic (exact) mass is 766 g/mol. The van der Waals surface area contributed by atoms with Crippen LogP contribution in [0.15, 0.2) is 103 Å². The van der Waals surface area contributed by atoms with E-state index in [1.807, 2.05) is 79.9 Å². The molecule has 1 fully saturated rings. The molecule has 0 bridgehead atoms. The Morgan fingerprint density at radius 1 is 1.02 bits per heavy atom. The van der Waals surface area contributed by atoms with E-state index in [-0.39, 0.29) is 56.8 Å². The van der Waals surface area contributed by atoms with Gasteiger partial charge < -0.3 is 34.1 Å². The van der Waals surface area contributed by atoms with Gasteiger partial charge in [-0.15, -0.1) is 0 Å². The van der Waals surface area contributed by atoms with E-state index in [9.17, 15) is 19.5 Å². The maximum Gasteiger partial charge on any atom is 0.264 e. The van der Waals surface area contributed by atoms with E-state index >= 15 is 4.11 Å². The average Bonchev–Trinajstić information content (AvgIpc) is 3.75. The minimum absolute atomic E-state index is 0.111. The lowest BCUT2D eigenvalue weighted by atomic mass is 9.82. The number of carbonyl (C=O) groups excluding carboxylic acids is 3. The van der Waals surface area contributed by atoms with Crippen LogP contribution in [0.3, 0.4) is 0 Å². The third kappa shape index (κ3) is 7.21. The van der Waals surface area contributed by atoms with Crippen LogP contribution < -0.4 is 10.2 Å². The number of aromatic amines is 1. The van der Waals surface area contributed by atoms with Gasteiger partial charge in [0, 0.05) is 57.9 Å². The number of nitrogens with one attached hydrogen (secondary N) is 2. The number of nitrogens with zero attached hydrogens (tertiary/aromatic N) is 2. The lowest BCUT2D eigenvalue weighted by Crippen LogP contribution is -2.45. The molecule has 0 saturated carbocycles. The van der Waals surface area contributed by atoms with Crippen molar-refractivity contribution in [1.29, 1.82) is 0 Å². The van der Waals surface area contributed by atoms with E-state index in [0.29, 0.717) is 22.0 Å². The molecule has 7 rings (SSSR count). The number of hydrogen-bond acceptors (Lipinski definition) is 5. The second-order valence-electron chi connectivity index (χ2n) is 14.8. The predicted molar refractivity (Wildman–Crippen MR) is 211 cm³/mol. The maximum atomic E-state index is 16.4. The van der Waals surface area contributed by atoms with Crippen LogP contribution in [0.2, 0.25) is 23.7 Å². The molecule has 2 aliphatic rings. The fraction of sp³-hybridized carbons (Fsp3) is 0.310. The lowest BCUT2D eigenvalue weighted by Gasteiger charge is -2.31. The zero-order valence-electron chi connectivity index (χ0n) is 30.5. The van der Waals surface area contributed by atoms with Gasteiger partial charge in [0.25, 0.3) is 5.91 Å². The molecule has 1 saturated heterocycles. The van der Waals surface area contributed by atoms with Gasteiger partial charge in [0.2, 0.25) is 20.2 Å². The Kier molecular flexibility index (Phi) is 10.5. The first kappa shape index (κ1) is 37.5. The highest BCUT2D eigenvalue weighted by atomic mass is 35.5. The first-order chi connectivity index (χ1) is 25.9. The molecule has 1 aromatic heterocycles. The second-order valence-corrected chi connectivity index (χ2v) is 19.1. The van der Waals surface area contributed by atoms with Crippen molar-refractivity contribution in [2.75, 3.05) is 23.4 Å². The van der Waals surface area contributed by atoms with Crippen LogP contribution in [-0.2, 0) is 44.2 Å². The summed E-state index contributed by atoms with van der Waals surface area (Å²) in [5, 5.41) is 14.2. The molecule has 0 radical (unpaired) electrons. The molecule has 2 aliphatic heterocycles. The summed E-state index contributed by atoms with van der Waals surface area (Å²) in [5.41, 5.74) is 3.16. The van der Waals surface area contributed by atoms with Crippen LogP contribution in [0.4, 0.5) is 15.5 Å². The van der Waals surface area contributed by atoms with E-state index < -0.39 is 31.6 Å². The third-order valence-corrected chi connectivity index (χ3v) is 13.5. The molecule has 3 N–H and O–H groups in total. The quantitative estimate of drug-likeness (QED) is 0.0889. The Balaban J connectivity index is 1.11. The van der Waals surface area contributed by atoms with Gasteiger partial charge in [-0.25, -0.2) is 0 Å². The average molecular weight is 767 g/mol. The molecule has 0 unspecified atom stereocenters. The second kappa shape index (κ2) is 15.1. The molecule has 0 aliphatic carbocycles. The number of fused-ring (bicyclic) bond motifs is 3. The third-order valence-electron chi connectivity index (χ3n) is 10.8. The van der Waals surface area contributed by atoms with Crippen LogP contribution in [0.25, 0.3) is 10.9 Å². The fourth-order valence-corrected chi connectivity index (χ4v) is 11.1. The highest BCUT2D eigenvalue weighted by molar-refractivity contribution is 6.72. The number of carbonyl (C=O) groups is 3. The van der Waals surface area contributed by atoms with E-state index in [2.05, 4.69) is 10.3 Å². The highest BCUT2D eigenvalue weighted by Crippen LogP contribution is 2.60. The smallest absolute Gasteiger partial charge is 0.264 e. The standard InChI is InChI=1S/C42H44ClFN4O5Si/c1-27-40(54(2,3)44)37(23-39(51)47(19-20-49)25-28-9-5-4-6-10-28)53-42(27)34-22-31(43)15-18-36(34)48(41(42)52)26-29-13-16-32(17-14-29)46-38(50)21-30-24-45-35-12-8-7-11-33(30)35/h4-18,22,24,27,37,40,45,49H,19-21,23,25-26H2,1-3H3,(H,46,50)/t27-,37+,40-,42+/m1/s1. The first-order valence-corrected chi connectivity index (χ1v) is 21.6. The number of anilines is 2. The number of ether oxygens (including phenoxy) is 1. The summed E-state index contributed by atoms with van der Waals surface area (Å²) in [4.78, 5) is 48.0. The predicted octanol–water partition coefficient (Wildman–Crippen LogP) is 7.74. The van der Waals surface area contributed by atoms with Gasteiger partial charge in [-0.3, -0.25) is 14.4 Å². The fourth-order valence-electron chi connectivity index (χ4n) is 8.43. The summed E-state index contributed by atoms with van der Waals surface area (Å²) >= 11 is 6.55. The molecule has 4 aromatic carbocycles. The van der Waals surface area contributed by atoms with Gasteiger partial charge in [0.15, 0.2) is 5.60 Å². The van der Waals surface area contributed by atoms with Crippen molar-refractivity contribution < 1.29 is 28.3 Å². The molecule has 5 aromatic rings. The molecule has 3 amide bonds.